The number of hydrogen-bond donors (Lipinski definition) is 0. The summed E-state index contributed by atoms with van der Waals surface area (Å²) in [7, 11) is 2.14. The van der Waals surface area contributed by atoms with E-state index in [9.17, 15) is 0 Å². The van der Waals surface area contributed by atoms with Crippen LogP contribution < -0.4 is 4.90 Å². The van der Waals surface area contributed by atoms with Crippen molar-refractivity contribution in [1.82, 2.24) is 29.6 Å². The van der Waals surface area contributed by atoms with Crippen molar-refractivity contribution in [2.75, 3.05) is 31.1 Å². The second-order valence-corrected chi connectivity index (χ2v) is 8.04. The number of hydrogen-bond acceptors (Lipinski definition) is 6. The van der Waals surface area contributed by atoms with Crippen LogP contribution in [0.2, 0.25) is 0 Å². The maximum absolute atomic E-state index is 4.58. The minimum atomic E-state index is 0.483. The van der Waals surface area contributed by atoms with Crippen LogP contribution in [-0.2, 0) is 13.6 Å². The van der Waals surface area contributed by atoms with Crippen molar-refractivity contribution in [3.63, 3.8) is 0 Å². The number of aryl methyl sites for hydroxylation is 1. The third-order valence-electron chi connectivity index (χ3n) is 6.28. The lowest BCUT2D eigenvalue weighted by Crippen LogP contribution is -2.35. The van der Waals surface area contributed by atoms with Gasteiger partial charge in [0, 0.05) is 37.3 Å². The molecule has 0 spiro atoms. The van der Waals surface area contributed by atoms with Gasteiger partial charge in [-0.3, -0.25) is 4.90 Å². The van der Waals surface area contributed by atoms with Crippen LogP contribution in [0.25, 0.3) is 0 Å². The maximum atomic E-state index is 4.58. The molecule has 146 valence electrons. The van der Waals surface area contributed by atoms with Crippen molar-refractivity contribution in [3.8, 4) is 0 Å². The summed E-state index contributed by atoms with van der Waals surface area (Å²) in [5.41, 5.74) is 2.26. The van der Waals surface area contributed by atoms with Crippen molar-refractivity contribution < 1.29 is 0 Å². The van der Waals surface area contributed by atoms with Gasteiger partial charge in [-0.25, -0.2) is 9.97 Å². The summed E-state index contributed by atoms with van der Waals surface area (Å²) in [6.45, 7) is 9.51. The summed E-state index contributed by atoms with van der Waals surface area (Å²) in [5, 5.41) is 9.10. The Morgan fingerprint density at radius 2 is 1.70 bits per heavy atom. The molecule has 0 unspecified atom stereocenters. The van der Waals surface area contributed by atoms with Crippen LogP contribution in [0.5, 0.6) is 0 Å². The smallest absolute Gasteiger partial charge is 0.146 e. The molecule has 27 heavy (non-hydrogen) atoms. The van der Waals surface area contributed by atoms with Crippen LogP contribution in [0, 0.1) is 13.8 Å². The van der Waals surface area contributed by atoms with E-state index >= 15 is 0 Å². The topological polar surface area (TPSA) is 63.0 Å². The van der Waals surface area contributed by atoms with Crippen molar-refractivity contribution in [3.05, 3.63) is 29.2 Å². The lowest BCUT2D eigenvalue weighted by atomic mass is 9.95. The fourth-order valence-electron chi connectivity index (χ4n) is 4.38. The number of aromatic nitrogens is 5. The molecule has 2 saturated heterocycles. The first-order valence-electron chi connectivity index (χ1n) is 10.3. The summed E-state index contributed by atoms with van der Waals surface area (Å²) in [6.07, 6.45) is 7.86. The third kappa shape index (κ3) is 3.83. The lowest BCUT2D eigenvalue weighted by molar-refractivity contribution is 0.213. The van der Waals surface area contributed by atoms with Crippen LogP contribution in [0.15, 0.2) is 6.33 Å². The van der Waals surface area contributed by atoms with Crippen molar-refractivity contribution in [1.29, 1.82) is 0 Å². The van der Waals surface area contributed by atoms with Crippen LogP contribution in [0.1, 0.15) is 60.9 Å². The number of rotatable bonds is 4. The average molecular weight is 370 g/mol. The Morgan fingerprint density at radius 1 is 0.963 bits per heavy atom. The number of piperidine rings is 2. The van der Waals surface area contributed by atoms with Gasteiger partial charge in [-0.2, -0.15) is 0 Å². The van der Waals surface area contributed by atoms with E-state index in [1.165, 1.54) is 37.9 Å². The van der Waals surface area contributed by atoms with Gasteiger partial charge >= 0.3 is 0 Å². The predicted molar refractivity (Wildman–Crippen MR) is 106 cm³/mol. The normalized spacial score (nSPS) is 19.6. The average Bonchev–Trinajstić information content (AvgIpc) is 3.05. The van der Waals surface area contributed by atoms with Crippen molar-refractivity contribution >= 4 is 5.82 Å². The van der Waals surface area contributed by atoms with E-state index in [-0.39, 0.29) is 0 Å². The van der Waals surface area contributed by atoms with E-state index in [2.05, 4.69) is 55.4 Å². The summed E-state index contributed by atoms with van der Waals surface area (Å²) in [6, 6.07) is 0. The van der Waals surface area contributed by atoms with E-state index in [4.69, 9.17) is 0 Å². The summed E-state index contributed by atoms with van der Waals surface area (Å²) < 4.78 is 2.25. The molecule has 7 heteroatoms. The second-order valence-electron chi connectivity index (χ2n) is 8.04. The Morgan fingerprint density at radius 3 is 2.44 bits per heavy atom. The van der Waals surface area contributed by atoms with Crippen LogP contribution in [-0.4, -0.2) is 55.8 Å². The predicted octanol–water partition coefficient (Wildman–Crippen LogP) is 2.59. The summed E-state index contributed by atoms with van der Waals surface area (Å²) in [5.74, 6) is 3.83. The van der Waals surface area contributed by atoms with E-state index in [0.717, 1.165) is 55.6 Å². The highest BCUT2D eigenvalue weighted by molar-refractivity contribution is 5.47. The first-order chi connectivity index (χ1) is 13.1. The first-order valence-corrected chi connectivity index (χ1v) is 10.3. The van der Waals surface area contributed by atoms with E-state index < -0.39 is 0 Å². The zero-order valence-electron chi connectivity index (χ0n) is 16.9. The zero-order valence-corrected chi connectivity index (χ0v) is 16.9. The fraction of sp³-hybridized carbons (Fsp3) is 0.700. The minimum Gasteiger partial charge on any atom is -0.356 e. The molecule has 2 aliphatic rings. The maximum Gasteiger partial charge on any atom is 0.146 e. The standard InChI is InChI=1S/C20H31N7/c1-15-16(2)21-14-22-19(15)27-11-7-17(8-12-27)20-24-23-18(25(20)3)13-26-9-5-4-6-10-26/h14,17H,4-13H2,1-3H3. The molecular weight excluding hydrogens is 338 g/mol. The highest BCUT2D eigenvalue weighted by Crippen LogP contribution is 2.30. The first kappa shape index (κ1) is 18.3. The molecule has 0 amide bonds. The fourth-order valence-corrected chi connectivity index (χ4v) is 4.38. The number of anilines is 1. The largest absolute Gasteiger partial charge is 0.356 e. The van der Waals surface area contributed by atoms with Crippen molar-refractivity contribution in [2.45, 2.75) is 58.4 Å². The van der Waals surface area contributed by atoms with E-state index in [0.29, 0.717) is 5.92 Å². The van der Waals surface area contributed by atoms with Gasteiger partial charge < -0.3 is 9.47 Å². The number of nitrogens with zero attached hydrogens (tertiary/aromatic N) is 7. The van der Waals surface area contributed by atoms with Gasteiger partial charge in [0.2, 0.25) is 0 Å². The Balaban J connectivity index is 1.40. The minimum absolute atomic E-state index is 0.483. The zero-order chi connectivity index (χ0) is 18.8. The molecule has 2 aliphatic heterocycles. The van der Waals surface area contributed by atoms with Crippen molar-refractivity contribution in [2.24, 2.45) is 7.05 Å². The Hall–Kier alpha value is -2.02. The molecule has 7 nitrogen and oxygen atoms in total. The Kier molecular flexibility index (Phi) is 5.38. The molecular formula is C20H31N7. The number of likely N-dealkylation sites (tertiary alicyclic amines) is 1. The molecule has 0 radical (unpaired) electrons. The van der Waals surface area contributed by atoms with E-state index in [1.54, 1.807) is 6.33 Å². The molecule has 4 rings (SSSR count). The molecule has 0 atom stereocenters. The molecule has 0 N–H and O–H groups in total. The summed E-state index contributed by atoms with van der Waals surface area (Å²) >= 11 is 0. The van der Waals surface area contributed by atoms with E-state index in [1.807, 2.05) is 0 Å². The molecule has 0 aliphatic carbocycles. The third-order valence-corrected chi connectivity index (χ3v) is 6.28. The Bertz CT molecular complexity index is 771. The van der Waals surface area contributed by atoms with Crippen LogP contribution in [0.3, 0.4) is 0 Å². The van der Waals surface area contributed by atoms with Gasteiger partial charge in [-0.15, -0.1) is 10.2 Å². The second kappa shape index (κ2) is 7.92. The molecule has 2 fully saturated rings. The van der Waals surface area contributed by atoms with Crippen LogP contribution >= 0.6 is 0 Å². The van der Waals surface area contributed by atoms with Gasteiger partial charge in [0.05, 0.1) is 6.54 Å². The highest BCUT2D eigenvalue weighted by atomic mass is 15.3. The summed E-state index contributed by atoms with van der Waals surface area (Å²) in [4.78, 5) is 13.7. The van der Waals surface area contributed by atoms with Crippen LogP contribution in [0.4, 0.5) is 5.82 Å². The monoisotopic (exact) mass is 369 g/mol. The Labute approximate surface area is 161 Å². The molecule has 2 aromatic rings. The molecule has 4 heterocycles. The molecule has 2 aromatic heterocycles. The molecule has 0 bridgehead atoms. The van der Waals surface area contributed by atoms with Gasteiger partial charge in [0.1, 0.15) is 23.8 Å². The SMILES string of the molecule is Cc1ncnc(N2CCC(c3nnc(CN4CCCCC4)n3C)CC2)c1C. The van der Waals surface area contributed by atoms with Gasteiger partial charge in [-0.05, 0) is 52.6 Å². The quantitative estimate of drug-likeness (QED) is 0.825. The molecule has 0 saturated carbocycles. The lowest BCUT2D eigenvalue weighted by Gasteiger charge is -2.33. The van der Waals surface area contributed by atoms with Gasteiger partial charge in [0.15, 0.2) is 0 Å². The van der Waals surface area contributed by atoms with Gasteiger partial charge in [0.25, 0.3) is 0 Å². The highest BCUT2D eigenvalue weighted by Gasteiger charge is 2.27. The van der Waals surface area contributed by atoms with Gasteiger partial charge in [-0.1, -0.05) is 6.42 Å². The molecule has 0 aromatic carbocycles.